The molecule has 0 fully saturated rings. The molecule has 0 aliphatic carbocycles. The Kier molecular flexibility index (Phi) is 5.38. The van der Waals surface area contributed by atoms with E-state index in [1.807, 2.05) is 22.6 Å². The third kappa shape index (κ3) is 3.56. The van der Waals surface area contributed by atoms with Gasteiger partial charge in [0.2, 0.25) is 0 Å². The summed E-state index contributed by atoms with van der Waals surface area (Å²) < 4.78 is 4.32. The van der Waals surface area contributed by atoms with E-state index in [4.69, 9.17) is 0 Å². The number of pyridine rings is 1. The molecule has 240 valence electrons. The van der Waals surface area contributed by atoms with Gasteiger partial charge >= 0.3 is 0 Å². The fourth-order valence-electron chi connectivity index (χ4n) is 9.17. The Morgan fingerprint density at radius 2 is 0.769 bits per heavy atom. The predicted molar refractivity (Wildman–Crippen MR) is 220 cm³/mol. The van der Waals surface area contributed by atoms with Crippen LogP contribution in [0.5, 0.6) is 0 Å². The molecule has 12 aromatic rings. The summed E-state index contributed by atoms with van der Waals surface area (Å²) in [6.45, 7) is 0. The van der Waals surface area contributed by atoms with Crippen molar-refractivity contribution in [3.63, 3.8) is 0 Å². The van der Waals surface area contributed by atoms with Crippen LogP contribution in [0.4, 0.5) is 0 Å². The first-order valence-electron chi connectivity index (χ1n) is 17.8. The lowest BCUT2D eigenvalue weighted by molar-refractivity contribution is 1.19. The second-order valence-corrected chi connectivity index (χ2v) is 14.0. The maximum Gasteiger partial charge on any atom is 0.263 e. The van der Waals surface area contributed by atoms with E-state index in [1.165, 1.54) is 54.1 Å². The summed E-state index contributed by atoms with van der Waals surface area (Å²) in [6, 6.07) is 61.0. The topological polar surface area (TPSA) is 26.4 Å². The number of nitrogens with zero attached hydrogens (tertiary/aromatic N) is 2. The van der Waals surface area contributed by atoms with Crippen molar-refractivity contribution < 1.29 is 0 Å². The van der Waals surface area contributed by atoms with Crippen molar-refractivity contribution in [2.75, 3.05) is 0 Å². The molecular weight excluding hydrogens is 633 g/mol. The molecule has 0 spiro atoms. The third-order valence-electron chi connectivity index (χ3n) is 11.4. The number of rotatable bonds is 2. The van der Waals surface area contributed by atoms with Gasteiger partial charge in [0, 0.05) is 38.0 Å². The highest BCUT2D eigenvalue weighted by molar-refractivity contribution is 6.26. The smallest absolute Gasteiger partial charge is 0.263 e. The van der Waals surface area contributed by atoms with Crippen molar-refractivity contribution in [3.8, 4) is 16.8 Å². The Morgan fingerprint density at radius 3 is 1.44 bits per heavy atom. The molecule has 0 amide bonds. The van der Waals surface area contributed by atoms with E-state index >= 15 is 0 Å². The monoisotopic (exact) mass is 660 g/mol. The van der Waals surface area contributed by atoms with Crippen LogP contribution in [0.3, 0.4) is 0 Å². The summed E-state index contributed by atoms with van der Waals surface area (Å²) in [5.41, 5.74) is 7.80. The highest BCUT2D eigenvalue weighted by atomic mass is 16.1. The first-order valence-corrected chi connectivity index (χ1v) is 17.8. The largest absolute Gasteiger partial charge is 0.309 e. The van der Waals surface area contributed by atoms with Crippen molar-refractivity contribution in [3.05, 3.63) is 180 Å². The molecule has 3 nitrogen and oxygen atoms in total. The van der Waals surface area contributed by atoms with Crippen molar-refractivity contribution in [2.24, 2.45) is 0 Å². The lowest BCUT2D eigenvalue weighted by Gasteiger charge is -2.15. The maximum atomic E-state index is 13.9. The summed E-state index contributed by atoms with van der Waals surface area (Å²) in [5, 5.41) is 15.0. The number of benzene rings is 9. The zero-order valence-electron chi connectivity index (χ0n) is 28.0. The minimum absolute atomic E-state index is 0.0326. The highest BCUT2D eigenvalue weighted by Gasteiger charge is 2.19. The number of aromatic nitrogens is 2. The lowest BCUT2D eigenvalue weighted by Crippen LogP contribution is -2.12. The number of hydrogen-bond acceptors (Lipinski definition) is 1. The van der Waals surface area contributed by atoms with Gasteiger partial charge in [-0.25, -0.2) is 0 Å². The summed E-state index contributed by atoms with van der Waals surface area (Å²) in [5.74, 6) is 0. The minimum Gasteiger partial charge on any atom is -0.309 e. The van der Waals surface area contributed by atoms with Crippen LogP contribution in [0.15, 0.2) is 175 Å². The molecule has 0 N–H and O–H groups in total. The molecule has 0 saturated heterocycles. The Hall–Kier alpha value is -6.97. The molecule has 0 bridgehead atoms. The molecular formula is C49H28N2O. The van der Waals surface area contributed by atoms with E-state index in [2.05, 4.69) is 156 Å². The first kappa shape index (κ1) is 27.8. The SMILES string of the molecule is O=c1c2ccccc2c2cccc3c4cc(-c5ccc6c7ccccc7c7ccc(-n8c9ccccc9c9ccccc98)cc7c6c5)ccc4n1c23. The van der Waals surface area contributed by atoms with Gasteiger partial charge in [0.15, 0.2) is 0 Å². The van der Waals surface area contributed by atoms with Gasteiger partial charge in [-0.3, -0.25) is 9.20 Å². The van der Waals surface area contributed by atoms with Crippen LogP contribution in [0.2, 0.25) is 0 Å². The molecule has 3 heteroatoms. The van der Waals surface area contributed by atoms with Crippen LogP contribution in [0, 0.1) is 0 Å². The molecule has 3 aromatic heterocycles. The standard InChI is InChI=1S/C49H28N2O/c52-49-41-15-4-3-12-34(41)39-16-9-17-40-44-27-30(21-25-47(44)51(49)48(39)40)29-20-23-35-32-10-1-2-11-33(32)36-24-22-31(28-43(36)42(35)26-29)50-45-18-7-5-13-37(45)38-14-6-8-19-46(38)50/h1-28H. The van der Waals surface area contributed by atoms with Gasteiger partial charge < -0.3 is 4.57 Å². The summed E-state index contributed by atoms with van der Waals surface area (Å²) in [6.07, 6.45) is 0. The molecule has 0 atom stereocenters. The Balaban J connectivity index is 1.14. The summed E-state index contributed by atoms with van der Waals surface area (Å²) in [7, 11) is 0. The van der Waals surface area contributed by atoms with Crippen LogP contribution in [0.1, 0.15) is 0 Å². The summed E-state index contributed by atoms with van der Waals surface area (Å²) >= 11 is 0. The van der Waals surface area contributed by atoms with Crippen LogP contribution in [-0.4, -0.2) is 8.97 Å². The van der Waals surface area contributed by atoms with E-state index in [0.717, 1.165) is 54.8 Å². The molecule has 0 saturated carbocycles. The second kappa shape index (κ2) is 10.1. The van der Waals surface area contributed by atoms with Crippen LogP contribution < -0.4 is 5.56 Å². The third-order valence-corrected chi connectivity index (χ3v) is 11.4. The molecule has 0 radical (unpaired) electrons. The van der Waals surface area contributed by atoms with E-state index < -0.39 is 0 Å². The zero-order chi connectivity index (χ0) is 34.1. The predicted octanol–water partition coefficient (Wildman–Crippen LogP) is 12.4. The number of hydrogen-bond donors (Lipinski definition) is 0. The Labute approximate surface area is 297 Å². The van der Waals surface area contributed by atoms with Crippen molar-refractivity contribution in [2.45, 2.75) is 0 Å². The highest BCUT2D eigenvalue weighted by Crippen LogP contribution is 2.41. The van der Waals surface area contributed by atoms with Crippen molar-refractivity contribution in [1.29, 1.82) is 0 Å². The molecule has 0 aliphatic heterocycles. The molecule has 9 aromatic carbocycles. The molecule has 0 aliphatic rings. The molecule has 12 rings (SSSR count). The van der Waals surface area contributed by atoms with Crippen molar-refractivity contribution in [1.82, 2.24) is 8.97 Å². The van der Waals surface area contributed by atoms with Gasteiger partial charge in [-0.05, 0) is 97.4 Å². The van der Waals surface area contributed by atoms with E-state index in [0.29, 0.717) is 0 Å². The molecule has 52 heavy (non-hydrogen) atoms. The first-order chi connectivity index (χ1) is 25.7. The number of fused-ring (bicyclic) bond motifs is 14. The van der Waals surface area contributed by atoms with Crippen molar-refractivity contribution >= 4 is 92.1 Å². The second-order valence-electron chi connectivity index (χ2n) is 14.0. The van der Waals surface area contributed by atoms with E-state index in [9.17, 15) is 4.79 Å². The van der Waals surface area contributed by atoms with Gasteiger partial charge in [-0.2, -0.15) is 0 Å². The Bertz CT molecular complexity index is 3500. The minimum atomic E-state index is 0.0326. The van der Waals surface area contributed by atoms with Gasteiger partial charge in [0.1, 0.15) is 0 Å². The van der Waals surface area contributed by atoms with Gasteiger partial charge in [-0.1, -0.05) is 121 Å². The van der Waals surface area contributed by atoms with Crippen LogP contribution in [0.25, 0.3) is 109 Å². The fraction of sp³-hybridized carbons (Fsp3) is 0. The zero-order valence-corrected chi connectivity index (χ0v) is 28.0. The molecule has 3 heterocycles. The van der Waals surface area contributed by atoms with Gasteiger partial charge in [-0.15, -0.1) is 0 Å². The average Bonchev–Trinajstić information content (AvgIpc) is 3.73. The van der Waals surface area contributed by atoms with Crippen LogP contribution in [-0.2, 0) is 0 Å². The van der Waals surface area contributed by atoms with E-state index in [-0.39, 0.29) is 5.56 Å². The fourth-order valence-corrected chi connectivity index (χ4v) is 9.17. The maximum absolute atomic E-state index is 13.9. The van der Waals surface area contributed by atoms with Crippen LogP contribution >= 0.6 is 0 Å². The Morgan fingerprint density at radius 1 is 0.308 bits per heavy atom. The normalized spacial score (nSPS) is 12.3. The number of para-hydroxylation sites is 3. The lowest BCUT2D eigenvalue weighted by atomic mass is 9.91. The van der Waals surface area contributed by atoms with E-state index in [1.54, 1.807) is 0 Å². The van der Waals surface area contributed by atoms with Gasteiger partial charge in [0.25, 0.3) is 5.56 Å². The molecule has 0 unspecified atom stereocenters. The van der Waals surface area contributed by atoms with Gasteiger partial charge in [0.05, 0.1) is 22.1 Å². The quantitative estimate of drug-likeness (QED) is 0.170. The summed E-state index contributed by atoms with van der Waals surface area (Å²) in [4.78, 5) is 13.9. The average molecular weight is 661 g/mol.